The van der Waals surface area contributed by atoms with Gasteiger partial charge in [0, 0.05) is 43.4 Å². The van der Waals surface area contributed by atoms with Gasteiger partial charge < -0.3 is 94.7 Å². The minimum absolute atomic E-state index is 0.00948. The van der Waals surface area contributed by atoms with Crippen molar-refractivity contribution in [3.8, 4) is 28.7 Å². The number of ether oxygens (including phenoxy) is 8. The minimum Gasteiger partial charge on any atom is -0.493 e. The third kappa shape index (κ3) is 13.6. The highest BCUT2D eigenvalue weighted by Crippen LogP contribution is 2.44. The molecule has 0 aliphatic carbocycles. The molecule has 3 fully saturated rings. The smallest absolute Gasteiger partial charge is 0.416 e. The van der Waals surface area contributed by atoms with Gasteiger partial charge >= 0.3 is 23.8 Å². The van der Waals surface area contributed by atoms with Crippen LogP contribution in [0.5, 0.6) is 28.7 Å². The van der Waals surface area contributed by atoms with E-state index in [1.54, 1.807) is 38.1 Å². The molecule has 0 saturated carbocycles. The van der Waals surface area contributed by atoms with E-state index in [2.05, 4.69) is 10.6 Å². The molecule has 0 spiro atoms. The van der Waals surface area contributed by atoms with Crippen LogP contribution in [0.4, 0.5) is 32.3 Å². The lowest BCUT2D eigenvalue weighted by Crippen LogP contribution is -2.61. The molecule has 0 radical (unpaired) electrons. The van der Waals surface area contributed by atoms with Gasteiger partial charge in [0.2, 0.25) is 18.1 Å². The molecular weight excluding hydrogens is 1190 g/mol. The third-order valence-corrected chi connectivity index (χ3v) is 16.1. The fourth-order valence-electron chi connectivity index (χ4n) is 11.1. The summed E-state index contributed by atoms with van der Waals surface area (Å²) in [7, 11) is 2.68. The summed E-state index contributed by atoms with van der Waals surface area (Å²) in [5.74, 6) is -4.09. The van der Waals surface area contributed by atoms with Crippen LogP contribution in [0.1, 0.15) is 84.7 Å². The van der Waals surface area contributed by atoms with Crippen molar-refractivity contribution in [1.82, 2.24) is 15.1 Å². The van der Waals surface area contributed by atoms with Crippen LogP contribution in [0.3, 0.4) is 0 Å². The minimum atomic E-state index is -2.06. The number of nitrogens with one attached hydrogen (secondary N) is 2. The van der Waals surface area contributed by atoms with Crippen molar-refractivity contribution >= 4 is 64.5 Å². The predicted molar refractivity (Wildman–Crippen MR) is 311 cm³/mol. The Hall–Kier alpha value is -9.11. The normalized spacial score (nSPS) is 23.4. The number of carboxylic acid groups (broad SMARTS) is 1. The average molecular weight is 1260 g/mol. The summed E-state index contributed by atoms with van der Waals surface area (Å²) in [6, 6.07) is 11.7. The number of hydrogen-bond donors (Lipinski definition) is 9. The van der Waals surface area contributed by atoms with Crippen LogP contribution in [-0.4, -0.2) is 195 Å². The van der Waals surface area contributed by atoms with E-state index in [-0.39, 0.29) is 89.8 Å². The second kappa shape index (κ2) is 27.7. The monoisotopic (exact) mass is 1260 g/mol. The Labute approximate surface area is 513 Å². The Morgan fingerprint density at radius 2 is 1.20 bits per heavy atom. The number of anilines is 3. The summed E-state index contributed by atoms with van der Waals surface area (Å²) in [6.07, 6.45) is -13.7. The Bertz CT molecular complexity index is 3390. The van der Waals surface area contributed by atoms with Gasteiger partial charge in [0.05, 0.1) is 73.0 Å². The van der Waals surface area contributed by atoms with Crippen molar-refractivity contribution in [3.05, 3.63) is 99.1 Å². The zero-order valence-corrected chi connectivity index (χ0v) is 49.5. The fraction of sp³-hybridized carbons (Fsp3) is 0.475. The number of rotatable bonds is 21. The highest BCUT2D eigenvalue weighted by molar-refractivity contribution is 6.07. The Morgan fingerprint density at radius 1 is 0.689 bits per heavy atom. The number of benzene rings is 4. The second-order valence-corrected chi connectivity index (χ2v) is 22.3. The van der Waals surface area contributed by atoms with E-state index < -0.39 is 132 Å². The zero-order valence-electron chi connectivity index (χ0n) is 49.5. The van der Waals surface area contributed by atoms with Crippen LogP contribution in [0, 0.1) is 16.0 Å². The number of hydrogen-bond acceptors (Lipinski definition) is 23. The molecule has 31 heteroatoms. The second-order valence-electron chi connectivity index (χ2n) is 22.3. The molecule has 3 saturated heterocycles. The van der Waals surface area contributed by atoms with Crippen molar-refractivity contribution in [2.45, 2.75) is 133 Å². The topological polar surface area (TPSA) is 421 Å². The van der Waals surface area contributed by atoms with Gasteiger partial charge in [-0.3, -0.25) is 29.3 Å². The molecule has 0 bridgehead atoms. The molecule has 6 amide bonds. The highest BCUT2D eigenvalue weighted by Gasteiger charge is 2.50. The van der Waals surface area contributed by atoms with Crippen LogP contribution in [0.25, 0.3) is 0 Å². The summed E-state index contributed by atoms with van der Waals surface area (Å²) < 4.78 is 45.6. The maximum Gasteiger partial charge on any atom is 0.416 e. The number of nitro benzene ring substituents is 1. The number of methoxy groups -OCH3 is 2. The fourth-order valence-corrected chi connectivity index (χ4v) is 11.1. The number of fused-ring (bicyclic) bond motifs is 4. The molecule has 4 aromatic carbocycles. The predicted octanol–water partition coefficient (Wildman–Crippen LogP) is 2.32. The standard InChI is InChI=1S/C59H70N8O23/c1-28(2)45(60)51(72)61-29(3)50(71)62-32-14-11-30(12-15-32)26-87-58(79)65-37-24-43(41(83-4)22-33(37)52(73)63-17-6-9-35(63)54(65)75)85-19-8-20-86-44-25-38-34(23-42(44)84-5)53(74)64-18-7-10-36(64)55(76)66(38)59(80)88-27-31-13-16-40(39(21-31)67(81)82)89-57-48(70)46(68)47(69)49(90-57)56(77)78/h11-16,21-25,28-29,35-36,45-49,54-55,57,68-70,75-76H,6-10,17-20,26-27,60H2,1-5H3,(H,61,72)(H,62,71)(H,77,78)/t29?,35-,36-,45?,46-,47-,48+,49-,54-,55-,57+/m0/s1. The SMILES string of the molecule is COc1cc2c(cc1OCCCOc1cc3c(cc1OC)C(=O)N1CCC[C@H]1[C@H](O)N3C(=O)OCc1ccc(O[C@@H]3O[C@H](C(=O)O)[C@@H](O)[C@H](O)[C@H]3O)c([N+](=O)[O-])c1)N(C(=O)OCc1ccc(NC(=O)C(C)NC(=O)C(N)C(C)C)cc1)[C@@H](O)[C@@H]1CCCN1C2=O. The molecule has 0 aromatic heterocycles. The maximum atomic E-state index is 14.3. The molecule has 5 aliphatic heterocycles. The first kappa shape index (κ1) is 65.3. The van der Waals surface area contributed by atoms with Gasteiger partial charge in [-0.05, 0) is 80.0 Å². The van der Waals surface area contributed by atoms with Crippen molar-refractivity contribution < 1.29 is 107 Å². The van der Waals surface area contributed by atoms with Crippen molar-refractivity contribution in [2.24, 2.45) is 11.7 Å². The molecule has 10 N–H and O–H groups in total. The number of aliphatic carboxylic acids is 1. The number of aliphatic hydroxyl groups is 5. The summed E-state index contributed by atoms with van der Waals surface area (Å²) in [4.78, 5) is 110. The largest absolute Gasteiger partial charge is 0.493 e. The van der Waals surface area contributed by atoms with Crippen LogP contribution < -0.4 is 49.9 Å². The molecule has 484 valence electrons. The lowest BCUT2D eigenvalue weighted by molar-refractivity contribution is -0.387. The van der Waals surface area contributed by atoms with Crippen molar-refractivity contribution in [3.63, 3.8) is 0 Å². The third-order valence-electron chi connectivity index (χ3n) is 16.1. The van der Waals surface area contributed by atoms with Crippen LogP contribution in [0.2, 0.25) is 0 Å². The first-order chi connectivity index (χ1) is 42.9. The van der Waals surface area contributed by atoms with Gasteiger partial charge in [0.15, 0.2) is 47.3 Å². The van der Waals surface area contributed by atoms with E-state index in [0.29, 0.717) is 43.5 Å². The van der Waals surface area contributed by atoms with E-state index in [0.717, 1.165) is 21.9 Å². The van der Waals surface area contributed by atoms with Crippen molar-refractivity contribution in [2.75, 3.05) is 55.6 Å². The number of amides is 6. The molecule has 5 heterocycles. The van der Waals surface area contributed by atoms with Gasteiger partial charge in [0.25, 0.3) is 11.8 Å². The summed E-state index contributed by atoms with van der Waals surface area (Å²) >= 11 is 0. The highest BCUT2D eigenvalue weighted by atomic mass is 16.7. The van der Waals surface area contributed by atoms with E-state index in [1.807, 2.05) is 0 Å². The Morgan fingerprint density at radius 3 is 1.69 bits per heavy atom. The average Bonchev–Trinajstić information content (AvgIpc) is 1.59. The number of carbonyl (C=O) groups excluding carboxylic acids is 6. The lowest BCUT2D eigenvalue weighted by atomic mass is 9.99. The Balaban J connectivity index is 0.877. The van der Waals surface area contributed by atoms with E-state index >= 15 is 0 Å². The number of nitro groups is 1. The molecule has 4 aromatic rings. The summed E-state index contributed by atoms with van der Waals surface area (Å²) in [5.41, 5.74) is 5.87. The maximum absolute atomic E-state index is 14.3. The molecule has 90 heavy (non-hydrogen) atoms. The van der Waals surface area contributed by atoms with Crippen LogP contribution in [0.15, 0.2) is 66.7 Å². The van der Waals surface area contributed by atoms with Gasteiger partial charge in [-0.1, -0.05) is 32.0 Å². The van der Waals surface area contributed by atoms with E-state index in [4.69, 9.17) is 43.6 Å². The van der Waals surface area contributed by atoms with Gasteiger partial charge in [-0.25, -0.2) is 24.2 Å². The van der Waals surface area contributed by atoms with Crippen molar-refractivity contribution in [1.29, 1.82) is 0 Å². The molecule has 2 unspecified atom stereocenters. The molecule has 5 aliphatic rings. The lowest BCUT2D eigenvalue weighted by Gasteiger charge is -2.38. The van der Waals surface area contributed by atoms with E-state index in [1.165, 1.54) is 61.3 Å². The number of carbonyl (C=O) groups is 7. The summed E-state index contributed by atoms with van der Waals surface area (Å²) in [5, 5.41) is 81.5. The molecular formula is C59H70N8O23. The van der Waals surface area contributed by atoms with Gasteiger partial charge in [-0.15, -0.1) is 0 Å². The summed E-state index contributed by atoms with van der Waals surface area (Å²) in [6.45, 7) is 4.54. The first-order valence-electron chi connectivity index (χ1n) is 28.8. The van der Waals surface area contributed by atoms with Crippen LogP contribution in [-0.2, 0) is 41.8 Å². The number of nitrogens with two attached hydrogens (primary N) is 1. The van der Waals surface area contributed by atoms with Crippen LogP contribution >= 0.6 is 0 Å². The first-order valence-corrected chi connectivity index (χ1v) is 28.8. The molecule has 31 nitrogen and oxygen atoms in total. The molecule has 9 rings (SSSR count). The van der Waals surface area contributed by atoms with Gasteiger partial charge in [0.1, 0.15) is 37.6 Å². The quantitative estimate of drug-likeness (QED) is 0.0328. The van der Waals surface area contributed by atoms with Gasteiger partial charge in [-0.2, -0.15) is 0 Å². The molecule has 11 atom stereocenters. The Kier molecular flexibility index (Phi) is 20.1. The number of nitrogens with zero attached hydrogens (tertiary/aromatic N) is 5. The number of aliphatic hydroxyl groups excluding tert-OH is 5. The number of carboxylic acids is 1. The zero-order chi connectivity index (χ0) is 65.0. The van der Waals surface area contributed by atoms with E-state index in [9.17, 15) is 74.3 Å².